The average Bonchev–Trinajstić information content (AvgIpc) is 3.08. The number of ether oxygens (including phenoxy) is 2. The normalized spacial score (nSPS) is 11.4. The van der Waals surface area contributed by atoms with Crippen molar-refractivity contribution in [1.82, 2.24) is 5.32 Å². The molecular weight excluding hydrogens is 342 g/mol. The highest BCUT2D eigenvalue weighted by Gasteiger charge is 2.23. The number of methoxy groups -OCH3 is 2. The molecule has 5 nitrogen and oxygen atoms in total. The predicted molar refractivity (Wildman–Crippen MR) is 105 cm³/mol. The predicted octanol–water partition coefficient (Wildman–Crippen LogP) is 4.09. The van der Waals surface area contributed by atoms with Crippen molar-refractivity contribution in [2.45, 2.75) is 25.7 Å². The molecule has 0 atom stereocenters. The van der Waals surface area contributed by atoms with Crippen LogP contribution < -0.4 is 14.8 Å². The van der Waals surface area contributed by atoms with Crippen molar-refractivity contribution >= 4 is 16.9 Å². The summed E-state index contributed by atoms with van der Waals surface area (Å²) in [5.74, 6) is 1.96. The van der Waals surface area contributed by atoms with Crippen molar-refractivity contribution < 1.29 is 18.7 Å². The first-order valence-electron chi connectivity index (χ1n) is 8.89. The van der Waals surface area contributed by atoms with Gasteiger partial charge in [-0.05, 0) is 29.8 Å². The summed E-state index contributed by atoms with van der Waals surface area (Å²) in [7, 11) is 3.23. The Morgan fingerprint density at radius 1 is 1.04 bits per heavy atom. The lowest BCUT2D eigenvalue weighted by Gasteiger charge is -2.26. The van der Waals surface area contributed by atoms with E-state index in [1.54, 1.807) is 14.2 Å². The second kappa shape index (κ2) is 7.74. The molecule has 27 heavy (non-hydrogen) atoms. The molecule has 0 aliphatic carbocycles. The van der Waals surface area contributed by atoms with Gasteiger partial charge in [-0.1, -0.05) is 38.1 Å². The van der Waals surface area contributed by atoms with Gasteiger partial charge in [-0.15, -0.1) is 0 Å². The third kappa shape index (κ3) is 4.25. The maximum atomic E-state index is 12.4. The Morgan fingerprint density at radius 2 is 1.78 bits per heavy atom. The summed E-state index contributed by atoms with van der Waals surface area (Å²) in [6.45, 7) is 4.66. The molecule has 1 N–H and O–H groups in total. The molecule has 5 heteroatoms. The summed E-state index contributed by atoms with van der Waals surface area (Å²) in [5.41, 5.74) is 1.60. The Balaban J connectivity index is 1.64. The lowest BCUT2D eigenvalue weighted by Crippen LogP contribution is -2.37. The lowest BCUT2D eigenvalue weighted by atomic mass is 9.84. The van der Waals surface area contributed by atoms with Crippen LogP contribution in [0.4, 0.5) is 0 Å². The van der Waals surface area contributed by atoms with Crippen molar-refractivity contribution in [3.63, 3.8) is 0 Å². The largest absolute Gasteiger partial charge is 0.493 e. The number of nitrogens with one attached hydrogen (secondary N) is 1. The van der Waals surface area contributed by atoms with Crippen molar-refractivity contribution in [1.29, 1.82) is 0 Å². The van der Waals surface area contributed by atoms with E-state index >= 15 is 0 Å². The van der Waals surface area contributed by atoms with Crippen LogP contribution in [0.15, 0.2) is 52.9 Å². The molecule has 0 saturated heterocycles. The van der Waals surface area contributed by atoms with Gasteiger partial charge in [0, 0.05) is 17.3 Å². The Morgan fingerprint density at radius 3 is 2.48 bits per heavy atom. The molecule has 0 bridgehead atoms. The van der Waals surface area contributed by atoms with Crippen molar-refractivity contribution in [3.05, 3.63) is 59.9 Å². The van der Waals surface area contributed by atoms with Crippen molar-refractivity contribution in [2.24, 2.45) is 0 Å². The summed E-state index contributed by atoms with van der Waals surface area (Å²) >= 11 is 0. The van der Waals surface area contributed by atoms with E-state index in [1.807, 2.05) is 48.5 Å². The Kier molecular flexibility index (Phi) is 5.40. The number of benzene rings is 2. The summed E-state index contributed by atoms with van der Waals surface area (Å²) in [4.78, 5) is 12.4. The Hall–Kier alpha value is -2.95. The standard InChI is InChI=1S/C22H25NO4/c1-22(2,16-9-10-19(25-3)20(12-16)26-4)14-23-21(24)13-17-11-15-7-5-6-8-18(15)27-17/h5-12H,13-14H2,1-4H3,(H,23,24). The number of carbonyl (C=O) groups excluding carboxylic acids is 1. The summed E-state index contributed by atoms with van der Waals surface area (Å²) in [6.07, 6.45) is 0.219. The van der Waals surface area contributed by atoms with Gasteiger partial charge in [-0.2, -0.15) is 0 Å². The number of hydrogen-bond acceptors (Lipinski definition) is 4. The molecule has 0 aliphatic rings. The van der Waals surface area contributed by atoms with Crippen LogP contribution in [0.25, 0.3) is 11.0 Å². The first-order chi connectivity index (χ1) is 12.9. The highest BCUT2D eigenvalue weighted by atomic mass is 16.5. The van der Waals surface area contributed by atoms with Gasteiger partial charge >= 0.3 is 0 Å². The molecule has 0 fully saturated rings. The maximum absolute atomic E-state index is 12.4. The Bertz CT molecular complexity index is 909. The van der Waals surface area contributed by atoms with Crippen LogP contribution in [-0.4, -0.2) is 26.7 Å². The third-order valence-corrected chi connectivity index (χ3v) is 4.70. The number of furan rings is 1. The van der Waals surface area contributed by atoms with E-state index in [0.717, 1.165) is 16.5 Å². The first-order valence-corrected chi connectivity index (χ1v) is 8.89. The van der Waals surface area contributed by atoms with E-state index in [4.69, 9.17) is 13.9 Å². The van der Waals surface area contributed by atoms with Gasteiger partial charge in [0.1, 0.15) is 11.3 Å². The smallest absolute Gasteiger partial charge is 0.227 e. The highest BCUT2D eigenvalue weighted by Crippen LogP contribution is 2.32. The van der Waals surface area contributed by atoms with Crippen molar-refractivity contribution in [2.75, 3.05) is 20.8 Å². The van der Waals surface area contributed by atoms with Crippen molar-refractivity contribution in [3.8, 4) is 11.5 Å². The second-order valence-corrected chi connectivity index (χ2v) is 7.16. The zero-order valence-corrected chi connectivity index (χ0v) is 16.2. The minimum absolute atomic E-state index is 0.0670. The van der Waals surface area contributed by atoms with Gasteiger partial charge in [0.15, 0.2) is 11.5 Å². The number of rotatable bonds is 7. The van der Waals surface area contributed by atoms with E-state index in [1.165, 1.54) is 0 Å². The maximum Gasteiger partial charge on any atom is 0.227 e. The van der Waals surface area contributed by atoms with Gasteiger partial charge in [0.05, 0.1) is 20.6 Å². The van der Waals surface area contributed by atoms with E-state index in [2.05, 4.69) is 19.2 Å². The van der Waals surface area contributed by atoms with Crippen LogP contribution in [0, 0.1) is 0 Å². The summed E-state index contributed by atoms with van der Waals surface area (Å²) in [5, 5.41) is 4.01. The molecule has 3 aromatic rings. The van der Waals surface area contributed by atoms with E-state index in [9.17, 15) is 4.79 Å². The molecular formula is C22H25NO4. The number of para-hydroxylation sites is 1. The molecule has 1 heterocycles. The molecule has 142 valence electrons. The van der Waals surface area contributed by atoms with Crippen LogP contribution in [0.5, 0.6) is 11.5 Å². The van der Waals surface area contributed by atoms with E-state index in [-0.39, 0.29) is 17.7 Å². The molecule has 3 rings (SSSR count). The number of amides is 1. The zero-order chi connectivity index (χ0) is 19.4. The van der Waals surface area contributed by atoms with Gasteiger partial charge in [0.25, 0.3) is 0 Å². The summed E-state index contributed by atoms with van der Waals surface area (Å²) in [6, 6.07) is 15.5. The minimum atomic E-state index is -0.261. The van der Waals surface area contributed by atoms with E-state index in [0.29, 0.717) is 23.8 Å². The number of fused-ring (bicyclic) bond motifs is 1. The zero-order valence-electron chi connectivity index (χ0n) is 16.2. The van der Waals surface area contributed by atoms with Crippen LogP contribution in [0.3, 0.4) is 0 Å². The fourth-order valence-electron chi connectivity index (χ4n) is 3.02. The molecule has 1 amide bonds. The van der Waals surface area contributed by atoms with Gasteiger partial charge in [0.2, 0.25) is 5.91 Å². The molecule has 2 aromatic carbocycles. The second-order valence-electron chi connectivity index (χ2n) is 7.16. The molecule has 0 radical (unpaired) electrons. The van der Waals surface area contributed by atoms with Gasteiger partial charge in [-0.3, -0.25) is 4.79 Å². The van der Waals surface area contributed by atoms with Gasteiger partial charge in [-0.25, -0.2) is 0 Å². The fourth-order valence-corrected chi connectivity index (χ4v) is 3.02. The fraction of sp³-hybridized carbons (Fsp3) is 0.318. The average molecular weight is 367 g/mol. The quantitative estimate of drug-likeness (QED) is 0.683. The molecule has 0 saturated carbocycles. The summed E-state index contributed by atoms with van der Waals surface area (Å²) < 4.78 is 16.4. The number of carbonyl (C=O) groups is 1. The first kappa shape index (κ1) is 18.8. The lowest BCUT2D eigenvalue weighted by molar-refractivity contribution is -0.120. The monoisotopic (exact) mass is 367 g/mol. The minimum Gasteiger partial charge on any atom is -0.493 e. The third-order valence-electron chi connectivity index (χ3n) is 4.70. The van der Waals surface area contributed by atoms with Crippen LogP contribution in [0.2, 0.25) is 0 Å². The van der Waals surface area contributed by atoms with Crippen LogP contribution >= 0.6 is 0 Å². The molecule has 0 spiro atoms. The molecule has 1 aromatic heterocycles. The van der Waals surface area contributed by atoms with Crippen LogP contribution in [-0.2, 0) is 16.6 Å². The van der Waals surface area contributed by atoms with Crippen LogP contribution in [0.1, 0.15) is 25.2 Å². The van der Waals surface area contributed by atoms with Gasteiger partial charge < -0.3 is 19.2 Å². The molecule has 0 aliphatic heterocycles. The topological polar surface area (TPSA) is 60.7 Å². The van der Waals surface area contributed by atoms with E-state index < -0.39 is 0 Å². The SMILES string of the molecule is COc1ccc(C(C)(C)CNC(=O)Cc2cc3ccccc3o2)cc1OC. The Labute approximate surface area is 159 Å². The molecule has 0 unspecified atom stereocenters. The highest BCUT2D eigenvalue weighted by molar-refractivity contribution is 5.82. The number of hydrogen-bond donors (Lipinski definition) is 1.